The Bertz CT molecular complexity index is 672. The maximum Gasteiger partial charge on any atom is 0.263 e. The summed E-state index contributed by atoms with van der Waals surface area (Å²) < 4.78 is 21.2. The van der Waals surface area contributed by atoms with Gasteiger partial charge in [-0.05, 0) is 31.2 Å². The predicted octanol–water partition coefficient (Wildman–Crippen LogP) is 3.36. The Morgan fingerprint density at radius 2 is 1.50 bits per heavy atom. The Balaban J connectivity index is 2.28. The Morgan fingerprint density at radius 3 is 1.96 bits per heavy atom. The summed E-state index contributed by atoms with van der Waals surface area (Å²) in [6.45, 7) is 2.50. The third-order valence-corrected chi connectivity index (χ3v) is 3.37. The van der Waals surface area contributed by atoms with Gasteiger partial charge >= 0.3 is 0 Å². The quantitative estimate of drug-likeness (QED) is 0.843. The summed E-state index contributed by atoms with van der Waals surface area (Å²) in [7, 11) is 4.51. The predicted molar refractivity (Wildman–Crippen MR) is 91.7 cm³/mol. The minimum Gasteiger partial charge on any atom is -0.496 e. The molecule has 0 radical (unpaired) electrons. The van der Waals surface area contributed by atoms with Gasteiger partial charge in [-0.25, -0.2) is 0 Å². The highest BCUT2D eigenvalue weighted by molar-refractivity contribution is 6.08. The SMILES string of the molecule is CCOc1ccc(NC(=O)c2c(OC)cc(OC)cc2OC)cc1. The van der Waals surface area contributed by atoms with Crippen LogP contribution >= 0.6 is 0 Å². The molecule has 0 saturated heterocycles. The van der Waals surface area contributed by atoms with E-state index in [0.717, 1.165) is 5.75 Å². The summed E-state index contributed by atoms with van der Waals surface area (Å²) in [6, 6.07) is 10.4. The molecule has 128 valence electrons. The Hall–Kier alpha value is -2.89. The summed E-state index contributed by atoms with van der Waals surface area (Å²) in [5, 5.41) is 2.82. The van der Waals surface area contributed by atoms with Crippen LogP contribution in [-0.2, 0) is 0 Å². The summed E-state index contributed by atoms with van der Waals surface area (Å²) in [5.41, 5.74) is 0.943. The lowest BCUT2D eigenvalue weighted by molar-refractivity contribution is 0.102. The summed E-state index contributed by atoms with van der Waals surface area (Å²) in [4.78, 5) is 12.6. The lowest BCUT2D eigenvalue weighted by Crippen LogP contribution is -2.14. The molecule has 1 N–H and O–H groups in total. The molecule has 6 nitrogen and oxygen atoms in total. The Labute approximate surface area is 141 Å². The number of benzene rings is 2. The minimum atomic E-state index is -0.337. The van der Waals surface area contributed by atoms with Gasteiger partial charge in [-0.2, -0.15) is 0 Å². The molecule has 0 aliphatic carbocycles. The van der Waals surface area contributed by atoms with Crippen LogP contribution in [0.2, 0.25) is 0 Å². The Kier molecular flexibility index (Phi) is 5.89. The third-order valence-electron chi connectivity index (χ3n) is 3.37. The largest absolute Gasteiger partial charge is 0.496 e. The van der Waals surface area contributed by atoms with Crippen molar-refractivity contribution in [2.24, 2.45) is 0 Å². The molecule has 0 spiro atoms. The number of rotatable bonds is 7. The van der Waals surface area contributed by atoms with Crippen molar-refractivity contribution in [3.63, 3.8) is 0 Å². The molecule has 2 rings (SSSR count). The van der Waals surface area contributed by atoms with Crippen molar-refractivity contribution in [1.82, 2.24) is 0 Å². The van der Waals surface area contributed by atoms with E-state index in [9.17, 15) is 4.79 Å². The topological polar surface area (TPSA) is 66.0 Å². The monoisotopic (exact) mass is 331 g/mol. The van der Waals surface area contributed by atoms with Crippen LogP contribution in [0.3, 0.4) is 0 Å². The Morgan fingerprint density at radius 1 is 0.917 bits per heavy atom. The average molecular weight is 331 g/mol. The second-order valence-corrected chi connectivity index (χ2v) is 4.82. The number of carbonyl (C=O) groups is 1. The number of methoxy groups -OCH3 is 3. The van der Waals surface area contributed by atoms with E-state index >= 15 is 0 Å². The highest BCUT2D eigenvalue weighted by Gasteiger charge is 2.20. The van der Waals surface area contributed by atoms with Crippen molar-refractivity contribution >= 4 is 11.6 Å². The molecule has 0 aromatic heterocycles. The van der Waals surface area contributed by atoms with Crippen LogP contribution in [0.4, 0.5) is 5.69 Å². The van der Waals surface area contributed by atoms with Crippen molar-refractivity contribution in [2.45, 2.75) is 6.92 Å². The number of ether oxygens (including phenoxy) is 4. The summed E-state index contributed by atoms with van der Waals surface area (Å²) in [5.74, 6) is 1.69. The first-order valence-electron chi connectivity index (χ1n) is 7.47. The first kappa shape index (κ1) is 17.5. The van der Waals surface area contributed by atoms with Crippen LogP contribution in [0.15, 0.2) is 36.4 Å². The maximum absolute atomic E-state index is 12.6. The molecule has 2 aromatic carbocycles. The molecule has 1 amide bonds. The van der Waals surface area contributed by atoms with Gasteiger partial charge in [0.15, 0.2) is 0 Å². The normalized spacial score (nSPS) is 10.0. The van der Waals surface area contributed by atoms with Gasteiger partial charge in [0.2, 0.25) is 0 Å². The standard InChI is InChI=1S/C18H21NO5/c1-5-24-13-8-6-12(7-9-13)19-18(20)17-15(22-3)10-14(21-2)11-16(17)23-4/h6-11H,5H2,1-4H3,(H,19,20). The highest BCUT2D eigenvalue weighted by atomic mass is 16.5. The molecule has 2 aromatic rings. The zero-order valence-electron chi connectivity index (χ0n) is 14.2. The van der Waals surface area contributed by atoms with Crippen LogP contribution in [0.25, 0.3) is 0 Å². The molecule has 0 saturated carbocycles. The molecule has 0 atom stereocenters. The molecule has 0 aliphatic rings. The van der Waals surface area contributed by atoms with Crippen LogP contribution in [0.1, 0.15) is 17.3 Å². The number of hydrogen-bond acceptors (Lipinski definition) is 5. The summed E-state index contributed by atoms with van der Waals surface area (Å²) in [6.07, 6.45) is 0. The zero-order chi connectivity index (χ0) is 17.5. The van der Waals surface area contributed by atoms with Crippen LogP contribution < -0.4 is 24.3 Å². The van der Waals surface area contributed by atoms with Crippen LogP contribution in [0.5, 0.6) is 23.0 Å². The number of nitrogens with one attached hydrogen (secondary N) is 1. The average Bonchev–Trinajstić information content (AvgIpc) is 2.62. The van der Waals surface area contributed by atoms with E-state index in [1.54, 1.807) is 36.4 Å². The van der Waals surface area contributed by atoms with Gasteiger partial charge in [0.1, 0.15) is 28.6 Å². The van der Waals surface area contributed by atoms with Gasteiger partial charge in [-0.1, -0.05) is 0 Å². The first-order valence-corrected chi connectivity index (χ1v) is 7.47. The van der Waals surface area contributed by atoms with Crippen molar-refractivity contribution in [1.29, 1.82) is 0 Å². The van der Waals surface area contributed by atoms with E-state index in [4.69, 9.17) is 18.9 Å². The van der Waals surface area contributed by atoms with Crippen molar-refractivity contribution < 1.29 is 23.7 Å². The van der Waals surface area contributed by atoms with Gasteiger partial charge in [0.25, 0.3) is 5.91 Å². The van der Waals surface area contributed by atoms with E-state index in [1.165, 1.54) is 21.3 Å². The molecule has 0 fully saturated rings. The van der Waals surface area contributed by atoms with Gasteiger partial charge < -0.3 is 24.3 Å². The molecule has 0 aliphatic heterocycles. The van der Waals surface area contributed by atoms with Gasteiger partial charge in [-0.15, -0.1) is 0 Å². The van der Waals surface area contributed by atoms with Crippen molar-refractivity contribution in [2.75, 3.05) is 33.3 Å². The van der Waals surface area contributed by atoms with E-state index in [2.05, 4.69) is 5.32 Å². The number of carbonyl (C=O) groups excluding carboxylic acids is 1. The van der Waals surface area contributed by atoms with Crippen LogP contribution in [-0.4, -0.2) is 33.8 Å². The fourth-order valence-corrected chi connectivity index (χ4v) is 2.22. The van der Waals surface area contributed by atoms with Gasteiger partial charge in [0, 0.05) is 17.8 Å². The van der Waals surface area contributed by atoms with E-state index in [0.29, 0.717) is 35.1 Å². The second kappa shape index (κ2) is 8.10. The van der Waals surface area contributed by atoms with Gasteiger partial charge in [-0.3, -0.25) is 4.79 Å². The van der Waals surface area contributed by atoms with Gasteiger partial charge in [0.05, 0.1) is 27.9 Å². The molecular formula is C18H21NO5. The lowest BCUT2D eigenvalue weighted by atomic mass is 10.1. The summed E-state index contributed by atoms with van der Waals surface area (Å²) >= 11 is 0. The fourth-order valence-electron chi connectivity index (χ4n) is 2.22. The zero-order valence-corrected chi connectivity index (χ0v) is 14.2. The van der Waals surface area contributed by atoms with E-state index in [1.807, 2.05) is 6.92 Å². The minimum absolute atomic E-state index is 0.301. The number of anilines is 1. The lowest BCUT2D eigenvalue weighted by Gasteiger charge is -2.15. The molecule has 24 heavy (non-hydrogen) atoms. The second-order valence-electron chi connectivity index (χ2n) is 4.82. The fraction of sp³-hybridized carbons (Fsp3) is 0.278. The molecule has 0 unspecified atom stereocenters. The molecule has 6 heteroatoms. The molecular weight excluding hydrogens is 310 g/mol. The van der Waals surface area contributed by atoms with Crippen molar-refractivity contribution in [3.05, 3.63) is 42.0 Å². The van der Waals surface area contributed by atoms with E-state index < -0.39 is 0 Å². The number of amides is 1. The first-order chi connectivity index (χ1) is 11.6. The van der Waals surface area contributed by atoms with Crippen LogP contribution in [0, 0.1) is 0 Å². The molecule has 0 heterocycles. The third kappa shape index (κ3) is 3.90. The maximum atomic E-state index is 12.6. The smallest absolute Gasteiger partial charge is 0.263 e. The van der Waals surface area contributed by atoms with Crippen molar-refractivity contribution in [3.8, 4) is 23.0 Å². The number of hydrogen-bond donors (Lipinski definition) is 1. The molecule has 0 bridgehead atoms. The highest BCUT2D eigenvalue weighted by Crippen LogP contribution is 2.34. The van der Waals surface area contributed by atoms with E-state index in [-0.39, 0.29) is 5.91 Å².